The maximum atomic E-state index is 11.9. The highest BCUT2D eigenvalue weighted by Gasteiger charge is 2.27. The number of carbonyl (C=O) groups is 4. The van der Waals surface area contributed by atoms with Crippen LogP contribution in [0.5, 0.6) is 0 Å². The van der Waals surface area contributed by atoms with Crippen LogP contribution in [0.2, 0.25) is 0 Å². The van der Waals surface area contributed by atoms with Crippen molar-refractivity contribution in [1.82, 2.24) is 24.9 Å². The summed E-state index contributed by atoms with van der Waals surface area (Å²) in [5.41, 5.74) is 1.71. The van der Waals surface area contributed by atoms with Gasteiger partial charge in [-0.2, -0.15) is 0 Å². The van der Waals surface area contributed by atoms with Crippen LogP contribution in [0.15, 0.2) is 24.3 Å². The first-order chi connectivity index (χ1) is 19.8. The van der Waals surface area contributed by atoms with Crippen molar-refractivity contribution < 1.29 is 34.5 Å². The standard InChI is InChI=1S/C28H44N6O7S/c1-20(2)29-28(42)30-23-6-4-22(5-7-23)14-24-16-33(18-26(38)39)11-10-31(15-21(3)35)8-9-32(17-25(36)37)12-13-34(24)19-27(40)41/h4-7,20,24H,8-19H2,1-3H3,(H,36,37)(H,38,39)(H,40,41)(H2,29,30,42). The first-order valence-electron chi connectivity index (χ1n) is 14.0. The molecular weight excluding hydrogens is 564 g/mol. The minimum Gasteiger partial charge on any atom is -0.480 e. The summed E-state index contributed by atoms with van der Waals surface area (Å²) < 4.78 is 0. The summed E-state index contributed by atoms with van der Waals surface area (Å²) >= 11 is 5.32. The Balaban J connectivity index is 2.36. The molecule has 1 aromatic carbocycles. The van der Waals surface area contributed by atoms with E-state index >= 15 is 0 Å². The van der Waals surface area contributed by atoms with Crippen molar-refractivity contribution in [3.63, 3.8) is 0 Å². The van der Waals surface area contributed by atoms with Gasteiger partial charge in [0.15, 0.2) is 5.11 Å². The van der Waals surface area contributed by atoms with Gasteiger partial charge in [-0.05, 0) is 57.1 Å². The van der Waals surface area contributed by atoms with Crippen LogP contribution in [0, 0.1) is 0 Å². The molecule has 42 heavy (non-hydrogen) atoms. The van der Waals surface area contributed by atoms with E-state index in [0.717, 1.165) is 11.3 Å². The molecule has 0 aliphatic carbocycles. The van der Waals surface area contributed by atoms with Gasteiger partial charge in [-0.25, -0.2) is 0 Å². The normalized spacial score (nSPS) is 18.5. The van der Waals surface area contributed by atoms with Crippen LogP contribution in [0.25, 0.3) is 0 Å². The topological polar surface area (TPSA) is 166 Å². The van der Waals surface area contributed by atoms with E-state index in [2.05, 4.69) is 10.6 Å². The Labute approximate surface area is 252 Å². The summed E-state index contributed by atoms with van der Waals surface area (Å²) in [4.78, 5) is 54.3. The predicted octanol–water partition coefficient (Wildman–Crippen LogP) is 0.357. The molecular formula is C28H44N6O7S. The predicted molar refractivity (Wildman–Crippen MR) is 163 cm³/mol. The Morgan fingerprint density at radius 1 is 0.810 bits per heavy atom. The van der Waals surface area contributed by atoms with Gasteiger partial charge in [-0.1, -0.05) is 12.1 Å². The molecule has 234 valence electrons. The number of ketones is 1. The van der Waals surface area contributed by atoms with Crippen molar-refractivity contribution >= 4 is 46.7 Å². The highest BCUT2D eigenvalue weighted by molar-refractivity contribution is 7.80. The van der Waals surface area contributed by atoms with Gasteiger partial charge >= 0.3 is 17.9 Å². The number of carboxylic acid groups (broad SMARTS) is 3. The molecule has 1 aromatic rings. The van der Waals surface area contributed by atoms with E-state index in [1.807, 2.05) is 43.0 Å². The second-order valence-electron chi connectivity index (χ2n) is 10.9. The lowest BCUT2D eigenvalue weighted by Gasteiger charge is -2.37. The fourth-order valence-electron chi connectivity index (χ4n) is 4.90. The third-order valence-corrected chi connectivity index (χ3v) is 6.98. The molecule has 14 heteroatoms. The first kappa shape index (κ1) is 35.0. The number of thiocarbonyl (C=S) groups is 1. The van der Waals surface area contributed by atoms with Crippen LogP contribution in [-0.2, 0) is 25.6 Å². The van der Waals surface area contributed by atoms with E-state index < -0.39 is 17.9 Å². The van der Waals surface area contributed by atoms with Crippen molar-refractivity contribution in [1.29, 1.82) is 0 Å². The second-order valence-corrected chi connectivity index (χ2v) is 11.4. The van der Waals surface area contributed by atoms with E-state index in [1.54, 1.807) is 14.7 Å². The van der Waals surface area contributed by atoms with Gasteiger partial charge in [-0.15, -0.1) is 0 Å². The summed E-state index contributed by atoms with van der Waals surface area (Å²) in [6.07, 6.45) is 0.439. The van der Waals surface area contributed by atoms with Crippen LogP contribution < -0.4 is 10.6 Å². The molecule has 1 atom stereocenters. The molecule has 5 N–H and O–H groups in total. The number of hydrogen-bond donors (Lipinski definition) is 5. The molecule has 0 saturated carbocycles. The maximum Gasteiger partial charge on any atom is 0.317 e. The average molecular weight is 609 g/mol. The fraction of sp³-hybridized carbons (Fsp3) is 0.607. The molecule has 0 amide bonds. The Hall–Kier alpha value is -3.17. The third kappa shape index (κ3) is 14.1. The molecule has 1 heterocycles. The molecule has 1 saturated heterocycles. The second kappa shape index (κ2) is 17.7. The van der Waals surface area contributed by atoms with Crippen molar-refractivity contribution in [2.75, 3.05) is 77.3 Å². The highest BCUT2D eigenvalue weighted by Crippen LogP contribution is 2.16. The summed E-state index contributed by atoms with van der Waals surface area (Å²) in [6.45, 7) is 7.28. The van der Waals surface area contributed by atoms with Gasteiger partial charge in [0, 0.05) is 63.6 Å². The summed E-state index contributed by atoms with van der Waals surface area (Å²) in [5.74, 6) is -3.07. The van der Waals surface area contributed by atoms with Gasteiger partial charge in [0.2, 0.25) is 0 Å². The zero-order valence-corrected chi connectivity index (χ0v) is 25.4. The summed E-state index contributed by atoms with van der Waals surface area (Å²) in [6, 6.07) is 7.40. The number of nitrogens with one attached hydrogen (secondary N) is 2. The minimum absolute atomic E-state index is 0.0409. The molecule has 1 unspecified atom stereocenters. The first-order valence-corrected chi connectivity index (χ1v) is 14.4. The van der Waals surface area contributed by atoms with Crippen LogP contribution in [-0.4, -0.2) is 148 Å². The Morgan fingerprint density at radius 3 is 1.83 bits per heavy atom. The number of anilines is 1. The van der Waals surface area contributed by atoms with Gasteiger partial charge in [0.1, 0.15) is 5.78 Å². The van der Waals surface area contributed by atoms with Gasteiger partial charge < -0.3 is 26.0 Å². The van der Waals surface area contributed by atoms with E-state index in [-0.39, 0.29) is 57.1 Å². The quantitative estimate of drug-likeness (QED) is 0.206. The maximum absolute atomic E-state index is 11.9. The molecule has 2 rings (SSSR count). The zero-order valence-electron chi connectivity index (χ0n) is 24.6. The lowest BCUT2D eigenvalue weighted by atomic mass is 10.0. The molecule has 13 nitrogen and oxygen atoms in total. The van der Waals surface area contributed by atoms with E-state index in [4.69, 9.17) is 12.2 Å². The van der Waals surface area contributed by atoms with Crippen LogP contribution in [0.3, 0.4) is 0 Å². The largest absolute Gasteiger partial charge is 0.480 e. The number of benzene rings is 1. The Bertz CT molecular complexity index is 1070. The summed E-state index contributed by atoms with van der Waals surface area (Å²) in [7, 11) is 0. The number of hydrogen-bond acceptors (Lipinski definition) is 9. The highest BCUT2D eigenvalue weighted by atomic mass is 32.1. The molecule has 0 aromatic heterocycles. The molecule has 1 aliphatic heterocycles. The number of nitrogens with zero attached hydrogens (tertiary/aromatic N) is 4. The lowest BCUT2D eigenvalue weighted by Crippen LogP contribution is -2.53. The van der Waals surface area contributed by atoms with Crippen molar-refractivity contribution in [3.8, 4) is 0 Å². The van der Waals surface area contributed by atoms with Gasteiger partial charge in [0.25, 0.3) is 0 Å². The Morgan fingerprint density at radius 2 is 1.31 bits per heavy atom. The molecule has 1 aliphatic rings. The number of carbonyl (C=O) groups excluding carboxylic acids is 1. The van der Waals surface area contributed by atoms with Crippen molar-refractivity contribution in [2.45, 2.75) is 39.3 Å². The number of carboxylic acids is 3. The minimum atomic E-state index is -1.03. The van der Waals surface area contributed by atoms with E-state index in [1.165, 1.54) is 6.92 Å². The molecule has 1 fully saturated rings. The number of aliphatic carboxylic acids is 3. The SMILES string of the molecule is CC(=O)CN1CCN(CC(=O)O)CCN(CC(=O)O)C(Cc2ccc(NC(=S)NC(C)C)cc2)CN(CC(=O)O)CC1. The summed E-state index contributed by atoms with van der Waals surface area (Å²) in [5, 5.41) is 35.6. The zero-order chi connectivity index (χ0) is 31.2. The molecule has 0 radical (unpaired) electrons. The lowest BCUT2D eigenvalue weighted by molar-refractivity contribution is -0.141. The molecule has 0 bridgehead atoms. The van der Waals surface area contributed by atoms with Gasteiger partial charge in [0.05, 0.1) is 26.2 Å². The smallest absolute Gasteiger partial charge is 0.317 e. The van der Waals surface area contributed by atoms with Crippen molar-refractivity contribution in [2.24, 2.45) is 0 Å². The average Bonchev–Trinajstić information content (AvgIpc) is 2.86. The van der Waals surface area contributed by atoms with Gasteiger partial charge in [-0.3, -0.25) is 38.8 Å². The van der Waals surface area contributed by atoms with E-state index in [9.17, 15) is 34.5 Å². The van der Waals surface area contributed by atoms with Crippen LogP contribution >= 0.6 is 12.2 Å². The van der Waals surface area contributed by atoms with E-state index in [0.29, 0.717) is 44.3 Å². The number of Topliss-reactive ketones (excluding diaryl/α,β-unsaturated/α-hetero) is 1. The molecule has 0 spiro atoms. The Kier molecular flexibility index (Phi) is 14.8. The van der Waals surface area contributed by atoms with Crippen molar-refractivity contribution in [3.05, 3.63) is 29.8 Å². The van der Waals surface area contributed by atoms with Crippen LogP contribution in [0.4, 0.5) is 5.69 Å². The number of rotatable bonds is 12. The third-order valence-electron chi connectivity index (χ3n) is 6.76. The monoisotopic (exact) mass is 608 g/mol. The fourth-order valence-corrected chi connectivity index (χ4v) is 5.26. The van der Waals surface area contributed by atoms with Crippen LogP contribution in [0.1, 0.15) is 26.3 Å².